The van der Waals surface area contributed by atoms with Crippen molar-refractivity contribution in [1.29, 1.82) is 0 Å². The van der Waals surface area contributed by atoms with Gasteiger partial charge in [0, 0.05) is 12.1 Å². The van der Waals surface area contributed by atoms with E-state index in [9.17, 15) is 0 Å². The predicted molar refractivity (Wildman–Crippen MR) is 81.4 cm³/mol. The minimum absolute atomic E-state index is 0.502. The first-order chi connectivity index (χ1) is 9.22. The van der Waals surface area contributed by atoms with E-state index >= 15 is 0 Å². The molecule has 3 unspecified atom stereocenters. The fourth-order valence-electron chi connectivity index (χ4n) is 3.83. The maximum Gasteiger partial charge on any atom is 0.0294 e. The van der Waals surface area contributed by atoms with E-state index < -0.39 is 0 Å². The number of fused-ring (bicyclic) bond motifs is 1. The highest BCUT2D eigenvalue weighted by Gasteiger charge is 2.23. The molecule has 0 aliphatic heterocycles. The Balaban J connectivity index is 1.67. The summed E-state index contributed by atoms with van der Waals surface area (Å²) in [6.07, 6.45) is 9.44. The van der Waals surface area contributed by atoms with Crippen LogP contribution in [0.4, 0.5) is 0 Å². The molecular weight excluding hydrogens is 230 g/mol. The Hall–Kier alpha value is -0.820. The molecule has 1 fully saturated rings. The topological polar surface area (TPSA) is 12.0 Å². The summed E-state index contributed by atoms with van der Waals surface area (Å²) in [5.74, 6) is 0.910. The molecule has 0 saturated heterocycles. The molecule has 0 spiro atoms. The van der Waals surface area contributed by atoms with Crippen LogP contribution in [0, 0.1) is 5.92 Å². The zero-order valence-electron chi connectivity index (χ0n) is 12.4. The van der Waals surface area contributed by atoms with Crippen LogP contribution < -0.4 is 5.32 Å². The predicted octanol–water partition coefficient (Wildman–Crippen LogP) is 4.40. The molecule has 0 bridgehead atoms. The van der Waals surface area contributed by atoms with Crippen LogP contribution in [0.3, 0.4) is 0 Å². The first kappa shape index (κ1) is 13.2. The Morgan fingerprint density at radius 3 is 2.63 bits per heavy atom. The molecular formula is C18H27N. The van der Waals surface area contributed by atoms with Gasteiger partial charge < -0.3 is 5.32 Å². The second-order valence-corrected chi connectivity index (χ2v) is 6.74. The number of benzene rings is 1. The van der Waals surface area contributed by atoms with Crippen molar-refractivity contribution < 1.29 is 0 Å². The van der Waals surface area contributed by atoms with E-state index in [1.54, 1.807) is 11.1 Å². The molecule has 1 saturated carbocycles. The molecule has 1 aromatic rings. The van der Waals surface area contributed by atoms with E-state index in [4.69, 9.17) is 0 Å². The van der Waals surface area contributed by atoms with E-state index in [1.165, 1.54) is 50.5 Å². The maximum absolute atomic E-state index is 3.83. The van der Waals surface area contributed by atoms with Crippen LogP contribution in [0.5, 0.6) is 0 Å². The zero-order valence-corrected chi connectivity index (χ0v) is 12.4. The fourth-order valence-corrected chi connectivity index (χ4v) is 3.83. The number of aryl methyl sites for hydroxylation is 2. The summed E-state index contributed by atoms with van der Waals surface area (Å²) < 4.78 is 0. The van der Waals surface area contributed by atoms with Gasteiger partial charge in [0.1, 0.15) is 0 Å². The first-order valence-electron chi connectivity index (χ1n) is 8.10. The summed E-state index contributed by atoms with van der Waals surface area (Å²) in [6, 6.07) is 8.42. The van der Waals surface area contributed by atoms with Crippen LogP contribution in [0.2, 0.25) is 0 Å². The quantitative estimate of drug-likeness (QED) is 0.846. The largest absolute Gasteiger partial charge is 0.307 e. The van der Waals surface area contributed by atoms with Gasteiger partial charge in [-0.2, -0.15) is 0 Å². The molecule has 2 aliphatic carbocycles. The molecule has 3 atom stereocenters. The Kier molecular flexibility index (Phi) is 3.93. The van der Waals surface area contributed by atoms with Crippen molar-refractivity contribution in [3.05, 3.63) is 34.9 Å². The van der Waals surface area contributed by atoms with Crippen molar-refractivity contribution in [2.75, 3.05) is 0 Å². The van der Waals surface area contributed by atoms with Crippen molar-refractivity contribution in [3.63, 3.8) is 0 Å². The summed E-state index contributed by atoms with van der Waals surface area (Å²) in [5.41, 5.74) is 4.69. The lowest BCUT2D eigenvalue weighted by Crippen LogP contribution is -2.29. The molecule has 0 heterocycles. The van der Waals surface area contributed by atoms with Crippen molar-refractivity contribution in [3.8, 4) is 0 Å². The lowest BCUT2D eigenvalue weighted by Gasteiger charge is -2.22. The molecule has 0 amide bonds. The highest BCUT2D eigenvalue weighted by Crippen LogP contribution is 2.28. The lowest BCUT2D eigenvalue weighted by atomic mass is 9.89. The lowest BCUT2D eigenvalue weighted by molar-refractivity contribution is 0.448. The van der Waals surface area contributed by atoms with Gasteiger partial charge in [0.05, 0.1) is 0 Å². The van der Waals surface area contributed by atoms with Crippen LogP contribution in [0.15, 0.2) is 18.2 Å². The van der Waals surface area contributed by atoms with Crippen molar-refractivity contribution in [2.24, 2.45) is 5.92 Å². The molecule has 0 aromatic heterocycles. The average Bonchev–Trinajstić information content (AvgIpc) is 2.83. The van der Waals surface area contributed by atoms with Gasteiger partial charge in [-0.3, -0.25) is 0 Å². The Morgan fingerprint density at radius 1 is 1.11 bits per heavy atom. The minimum atomic E-state index is 0.502. The van der Waals surface area contributed by atoms with Crippen LogP contribution in [0.1, 0.15) is 68.7 Å². The standard InChI is InChI=1S/C18H27N/c1-13-7-10-18(11-13)19-14(2)16-9-8-15-5-3-4-6-17(15)12-16/h8-9,12-14,18-19H,3-7,10-11H2,1-2H3. The fraction of sp³-hybridized carbons (Fsp3) is 0.667. The highest BCUT2D eigenvalue weighted by molar-refractivity contribution is 5.35. The van der Waals surface area contributed by atoms with Gasteiger partial charge in [0.25, 0.3) is 0 Å². The Morgan fingerprint density at radius 2 is 1.89 bits per heavy atom. The van der Waals surface area contributed by atoms with Gasteiger partial charge in [-0.1, -0.05) is 25.1 Å². The van der Waals surface area contributed by atoms with Crippen molar-refractivity contribution in [1.82, 2.24) is 5.32 Å². The third-order valence-corrected chi connectivity index (χ3v) is 5.05. The number of rotatable bonds is 3. The van der Waals surface area contributed by atoms with Crippen LogP contribution >= 0.6 is 0 Å². The van der Waals surface area contributed by atoms with E-state index in [-0.39, 0.29) is 0 Å². The van der Waals surface area contributed by atoms with Gasteiger partial charge in [0.2, 0.25) is 0 Å². The average molecular weight is 257 g/mol. The highest BCUT2D eigenvalue weighted by atomic mass is 14.9. The molecule has 1 nitrogen and oxygen atoms in total. The molecule has 104 valence electrons. The number of hydrogen-bond acceptors (Lipinski definition) is 1. The van der Waals surface area contributed by atoms with Crippen molar-refractivity contribution >= 4 is 0 Å². The summed E-state index contributed by atoms with van der Waals surface area (Å²) in [6.45, 7) is 4.71. The SMILES string of the molecule is CC1CCC(NC(C)c2ccc3c(c2)CCCC3)C1. The second kappa shape index (κ2) is 5.66. The van der Waals surface area contributed by atoms with Crippen LogP contribution in [-0.4, -0.2) is 6.04 Å². The molecule has 0 radical (unpaired) electrons. The summed E-state index contributed by atoms with van der Waals surface area (Å²) in [4.78, 5) is 0. The third kappa shape index (κ3) is 3.02. The van der Waals surface area contributed by atoms with Gasteiger partial charge in [0.15, 0.2) is 0 Å². The summed E-state index contributed by atoms with van der Waals surface area (Å²) in [5, 5.41) is 3.83. The summed E-state index contributed by atoms with van der Waals surface area (Å²) in [7, 11) is 0. The molecule has 1 N–H and O–H groups in total. The van der Waals surface area contributed by atoms with E-state index in [2.05, 4.69) is 37.4 Å². The van der Waals surface area contributed by atoms with Gasteiger partial charge in [-0.05, 0) is 74.5 Å². The minimum Gasteiger partial charge on any atom is -0.307 e. The second-order valence-electron chi connectivity index (χ2n) is 6.74. The first-order valence-corrected chi connectivity index (χ1v) is 8.10. The maximum atomic E-state index is 3.83. The Labute approximate surface area is 117 Å². The van der Waals surface area contributed by atoms with Crippen LogP contribution in [-0.2, 0) is 12.8 Å². The number of nitrogens with one attached hydrogen (secondary N) is 1. The molecule has 1 aromatic carbocycles. The third-order valence-electron chi connectivity index (χ3n) is 5.05. The smallest absolute Gasteiger partial charge is 0.0294 e. The zero-order chi connectivity index (χ0) is 13.2. The monoisotopic (exact) mass is 257 g/mol. The number of hydrogen-bond donors (Lipinski definition) is 1. The Bertz CT molecular complexity index is 437. The van der Waals surface area contributed by atoms with E-state index in [0.717, 1.165) is 12.0 Å². The van der Waals surface area contributed by atoms with E-state index in [1.807, 2.05) is 0 Å². The van der Waals surface area contributed by atoms with E-state index in [0.29, 0.717) is 6.04 Å². The summed E-state index contributed by atoms with van der Waals surface area (Å²) >= 11 is 0. The van der Waals surface area contributed by atoms with Gasteiger partial charge in [-0.25, -0.2) is 0 Å². The molecule has 2 aliphatic rings. The van der Waals surface area contributed by atoms with Crippen LogP contribution in [0.25, 0.3) is 0 Å². The normalized spacial score (nSPS) is 28.1. The molecule has 19 heavy (non-hydrogen) atoms. The van der Waals surface area contributed by atoms with Gasteiger partial charge in [-0.15, -0.1) is 0 Å². The van der Waals surface area contributed by atoms with Crippen molar-refractivity contribution in [2.45, 2.75) is 70.9 Å². The van der Waals surface area contributed by atoms with Gasteiger partial charge >= 0.3 is 0 Å². The molecule has 1 heteroatoms. The molecule has 3 rings (SSSR count).